The summed E-state index contributed by atoms with van der Waals surface area (Å²) in [7, 11) is 2.14. The predicted octanol–water partition coefficient (Wildman–Crippen LogP) is 4.79. The number of halogens is 1. The summed E-state index contributed by atoms with van der Waals surface area (Å²) in [6.07, 6.45) is 1.09. The molecule has 134 valence electrons. The summed E-state index contributed by atoms with van der Waals surface area (Å²) in [4.78, 5) is 2.32. The lowest BCUT2D eigenvalue weighted by Crippen LogP contribution is -2.45. The van der Waals surface area contributed by atoms with Crippen LogP contribution in [0.5, 0.6) is 0 Å². The molecular weight excluding hydrogens is 384 g/mol. The van der Waals surface area contributed by atoms with Gasteiger partial charge in [0.15, 0.2) is 0 Å². The SMILES string of the molecule is CC1=C(C(N[S+]([O-])C(C)(C)C)c2cccc(Br)c2)N(C)CC(C)C1. The molecule has 0 radical (unpaired) electrons. The van der Waals surface area contributed by atoms with E-state index in [2.05, 4.69) is 58.6 Å². The van der Waals surface area contributed by atoms with Gasteiger partial charge in [-0.05, 0) is 57.7 Å². The molecule has 1 heterocycles. The molecule has 1 N–H and O–H groups in total. The van der Waals surface area contributed by atoms with Gasteiger partial charge in [0, 0.05) is 35.1 Å². The van der Waals surface area contributed by atoms with Crippen molar-refractivity contribution in [2.75, 3.05) is 13.6 Å². The van der Waals surface area contributed by atoms with E-state index in [1.54, 1.807) is 0 Å². The average Bonchev–Trinajstić information content (AvgIpc) is 2.44. The van der Waals surface area contributed by atoms with E-state index in [1.807, 2.05) is 32.9 Å². The second-order valence-electron chi connectivity index (χ2n) is 7.84. The first-order valence-electron chi connectivity index (χ1n) is 8.44. The van der Waals surface area contributed by atoms with Crippen molar-refractivity contribution in [3.8, 4) is 0 Å². The molecule has 0 aromatic heterocycles. The molecule has 1 aromatic carbocycles. The zero-order valence-electron chi connectivity index (χ0n) is 15.5. The van der Waals surface area contributed by atoms with E-state index in [0.717, 1.165) is 23.0 Å². The van der Waals surface area contributed by atoms with Crippen molar-refractivity contribution >= 4 is 27.3 Å². The first-order chi connectivity index (χ1) is 11.1. The van der Waals surface area contributed by atoms with E-state index in [0.29, 0.717) is 5.92 Å². The van der Waals surface area contributed by atoms with Gasteiger partial charge in [-0.25, -0.2) is 0 Å². The molecule has 0 aliphatic carbocycles. The maximum absolute atomic E-state index is 12.8. The van der Waals surface area contributed by atoms with Gasteiger partial charge in [0.1, 0.15) is 10.8 Å². The van der Waals surface area contributed by atoms with E-state index in [-0.39, 0.29) is 10.8 Å². The molecule has 24 heavy (non-hydrogen) atoms. The molecule has 0 fully saturated rings. The lowest BCUT2D eigenvalue weighted by atomic mass is 9.90. The summed E-state index contributed by atoms with van der Waals surface area (Å²) in [5.41, 5.74) is 3.76. The molecular formula is C19H29BrN2OS. The molecule has 5 heteroatoms. The fourth-order valence-corrected chi connectivity index (χ4v) is 4.53. The predicted molar refractivity (Wildman–Crippen MR) is 107 cm³/mol. The maximum Gasteiger partial charge on any atom is 0.136 e. The molecule has 0 spiro atoms. The molecule has 3 unspecified atom stereocenters. The third-order valence-corrected chi connectivity index (χ3v) is 6.38. The van der Waals surface area contributed by atoms with Gasteiger partial charge in [0.2, 0.25) is 0 Å². The Morgan fingerprint density at radius 1 is 1.38 bits per heavy atom. The molecule has 0 saturated carbocycles. The Labute approximate surface area is 158 Å². The monoisotopic (exact) mass is 412 g/mol. The van der Waals surface area contributed by atoms with E-state index in [9.17, 15) is 4.55 Å². The van der Waals surface area contributed by atoms with Crippen LogP contribution in [0.3, 0.4) is 0 Å². The van der Waals surface area contributed by atoms with Crippen LogP contribution in [-0.2, 0) is 11.4 Å². The van der Waals surface area contributed by atoms with Crippen molar-refractivity contribution in [1.29, 1.82) is 0 Å². The van der Waals surface area contributed by atoms with Gasteiger partial charge < -0.3 is 9.45 Å². The van der Waals surface area contributed by atoms with E-state index < -0.39 is 11.4 Å². The quantitative estimate of drug-likeness (QED) is 0.722. The van der Waals surface area contributed by atoms with Gasteiger partial charge in [0.05, 0.1) is 0 Å². The number of rotatable bonds is 4. The second-order valence-corrected chi connectivity index (χ2v) is 10.8. The number of hydrogen-bond acceptors (Lipinski definition) is 3. The number of nitrogens with zero attached hydrogens (tertiary/aromatic N) is 1. The largest absolute Gasteiger partial charge is 0.598 e. The number of hydrogen-bond donors (Lipinski definition) is 1. The number of likely N-dealkylation sites (N-methyl/N-ethyl adjacent to an activating group) is 1. The third-order valence-electron chi connectivity index (χ3n) is 4.33. The molecule has 1 aliphatic heterocycles. The summed E-state index contributed by atoms with van der Waals surface area (Å²) in [5, 5.41) is 0. The van der Waals surface area contributed by atoms with Gasteiger partial charge >= 0.3 is 0 Å². The van der Waals surface area contributed by atoms with Crippen LogP contribution in [0.1, 0.15) is 52.6 Å². The number of allylic oxidation sites excluding steroid dienone is 1. The van der Waals surface area contributed by atoms with Crippen molar-refractivity contribution in [3.05, 3.63) is 45.6 Å². The van der Waals surface area contributed by atoms with E-state index in [1.165, 1.54) is 11.3 Å². The normalized spacial score (nSPS) is 21.8. The minimum absolute atomic E-state index is 0.0694. The molecule has 2 rings (SSSR count). The fraction of sp³-hybridized carbons (Fsp3) is 0.579. The molecule has 3 atom stereocenters. The zero-order chi connectivity index (χ0) is 18.1. The van der Waals surface area contributed by atoms with Gasteiger partial charge in [-0.2, -0.15) is 0 Å². The molecule has 1 aromatic rings. The Morgan fingerprint density at radius 2 is 2.04 bits per heavy atom. The van der Waals surface area contributed by atoms with Crippen LogP contribution in [0.2, 0.25) is 0 Å². The van der Waals surface area contributed by atoms with Crippen LogP contribution in [0, 0.1) is 5.92 Å². The average molecular weight is 413 g/mol. The molecule has 1 aliphatic rings. The number of nitrogens with one attached hydrogen (secondary N) is 1. The minimum Gasteiger partial charge on any atom is -0.598 e. The summed E-state index contributed by atoms with van der Waals surface area (Å²) in [6.45, 7) is 11.5. The van der Waals surface area contributed by atoms with Crippen LogP contribution in [-0.4, -0.2) is 27.8 Å². The molecule has 0 saturated heterocycles. The Morgan fingerprint density at radius 3 is 2.58 bits per heavy atom. The van der Waals surface area contributed by atoms with Gasteiger partial charge in [-0.15, -0.1) is 4.72 Å². The first kappa shape index (κ1) is 19.8. The van der Waals surface area contributed by atoms with Gasteiger partial charge in [-0.3, -0.25) is 0 Å². The topological polar surface area (TPSA) is 38.3 Å². The lowest BCUT2D eigenvalue weighted by molar-refractivity contribution is 0.290. The Kier molecular flexibility index (Phi) is 6.46. The van der Waals surface area contributed by atoms with Crippen molar-refractivity contribution in [2.45, 2.75) is 51.8 Å². The highest BCUT2D eigenvalue weighted by Gasteiger charge is 2.34. The van der Waals surface area contributed by atoms with Gasteiger partial charge in [0.25, 0.3) is 0 Å². The van der Waals surface area contributed by atoms with Crippen LogP contribution < -0.4 is 4.72 Å². The summed E-state index contributed by atoms with van der Waals surface area (Å²) < 4.78 is 16.9. The van der Waals surface area contributed by atoms with E-state index >= 15 is 0 Å². The van der Waals surface area contributed by atoms with Crippen molar-refractivity contribution in [3.63, 3.8) is 0 Å². The third kappa shape index (κ3) is 4.78. The van der Waals surface area contributed by atoms with E-state index in [4.69, 9.17) is 0 Å². The summed E-state index contributed by atoms with van der Waals surface area (Å²) in [5.74, 6) is 0.648. The standard InChI is InChI=1S/C19H29BrN2OS/c1-13-10-14(2)18(22(6)12-13)17(21-24(23)19(3,4)5)15-8-7-9-16(20)11-15/h7-9,11,13,17,21H,10,12H2,1-6H3. The molecule has 0 bridgehead atoms. The first-order valence-corrected chi connectivity index (χ1v) is 10.4. The van der Waals surface area contributed by atoms with Crippen LogP contribution in [0.25, 0.3) is 0 Å². The highest BCUT2D eigenvalue weighted by Crippen LogP contribution is 2.35. The highest BCUT2D eigenvalue weighted by molar-refractivity contribution is 9.10. The number of benzene rings is 1. The Hall–Kier alpha value is -0.490. The Balaban J connectivity index is 2.45. The second kappa shape index (κ2) is 7.81. The lowest BCUT2D eigenvalue weighted by Gasteiger charge is -2.39. The smallest absolute Gasteiger partial charge is 0.136 e. The van der Waals surface area contributed by atoms with Crippen molar-refractivity contribution in [2.24, 2.45) is 5.92 Å². The van der Waals surface area contributed by atoms with Gasteiger partial charge in [-0.1, -0.05) is 40.6 Å². The van der Waals surface area contributed by atoms with Crippen LogP contribution >= 0.6 is 15.9 Å². The van der Waals surface area contributed by atoms with Crippen LogP contribution in [0.4, 0.5) is 0 Å². The maximum atomic E-state index is 12.8. The van der Waals surface area contributed by atoms with Crippen LogP contribution in [0.15, 0.2) is 40.0 Å². The van der Waals surface area contributed by atoms with Crippen molar-refractivity contribution < 1.29 is 4.55 Å². The fourth-order valence-electron chi connectivity index (χ4n) is 3.30. The summed E-state index contributed by atoms with van der Waals surface area (Å²) >= 11 is 2.43. The summed E-state index contributed by atoms with van der Waals surface area (Å²) in [6, 6.07) is 8.21. The van der Waals surface area contributed by atoms with Crippen molar-refractivity contribution in [1.82, 2.24) is 9.62 Å². The highest BCUT2D eigenvalue weighted by atomic mass is 79.9. The zero-order valence-corrected chi connectivity index (χ0v) is 17.9. The molecule has 0 amide bonds. The minimum atomic E-state index is -1.14. The molecule has 3 nitrogen and oxygen atoms in total. The Bertz CT molecular complexity index is 612.